The molecule has 3 amide bonds. The van der Waals surface area contributed by atoms with E-state index in [9.17, 15) is 14.4 Å². The Labute approximate surface area is 171 Å². The van der Waals surface area contributed by atoms with E-state index in [0.29, 0.717) is 27.5 Å². The van der Waals surface area contributed by atoms with Gasteiger partial charge in [-0.15, -0.1) is 0 Å². The molecule has 3 aromatic rings. The van der Waals surface area contributed by atoms with Crippen LogP contribution in [0.25, 0.3) is 16.6 Å². The zero-order valence-electron chi connectivity index (χ0n) is 16.1. The van der Waals surface area contributed by atoms with Crippen molar-refractivity contribution in [3.8, 4) is 11.4 Å². The third-order valence-corrected chi connectivity index (χ3v) is 5.27. The molecule has 1 atom stereocenters. The van der Waals surface area contributed by atoms with E-state index in [1.165, 1.54) is 11.7 Å². The first kappa shape index (κ1) is 20.4. The van der Waals surface area contributed by atoms with E-state index in [1.54, 1.807) is 37.3 Å². The molecular weight excluding hydrogens is 392 g/mol. The van der Waals surface area contributed by atoms with Crippen LogP contribution in [0.1, 0.15) is 12.5 Å². The molecule has 0 bridgehead atoms. The van der Waals surface area contributed by atoms with Crippen LogP contribution in [0.3, 0.4) is 0 Å². The highest BCUT2D eigenvalue weighted by Gasteiger charge is 2.22. The Morgan fingerprint density at radius 1 is 1.24 bits per heavy atom. The largest absolute Gasteiger partial charge is 0.495 e. The Morgan fingerprint density at radius 2 is 1.97 bits per heavy atom. The molecule has 0 unspecified atom stereocenters. The molecule has 8 nitrogen and oxygen atoms in total. The van der Waals surface area contributed by atoms with Gasteiger partial charge in [0.1, 0.15) is 5.75 Å². The Balaban J connectivity index is 2.22. The first-order valence-corrected chi connectivity index (χ1v) is 9.63. The van der Waals surface area contributed by atoms with Crippen LogP contribution < -0.4 is 21.3 Å². The molecule has 0 aliphatic carbocycles. The maximum absolute atomic E-state index is 13.3. The Kier molecular flexibility index (Phi) is 5.88. The molecule has 0 saturated heterocycles. The summed E-state index contributed by atoms with van der Waals surface area (Å²) >= 11 is 1.05. The Bertz CT molecular complexity index is 1160. The molecule has 29 heavy (non-hydrogen) atoms. The fraction of sp³-hybridized carbons (Fsp3) is 0.200. The number of primary amides is 1. The predicted molar refractivity (Wildman–Crippen MR) is 112 cm³/mol. The summed E-state index contributed by atoms with van der Waals surface area (Å²) in [6.45, 7) is 3.50. The van der Waals surface area contributed by atoms with E-state index in [4.69, 9.17) is 10.5 Å². The zero-order valence-corrected chi connectivity index (χ0v) is 16.9. The standard InChI is InChI=1S/C20H20N4O4S/c1-11-8-9-16(28-3)15(10-11)24-18(26)13-6-4-5-7-14(13)22-20(24)29-12(2)17(25)23-19(21)27/h4-10,12H,1-3H3,(H3,21,23,25,27)/t12-/m0/s1. The van der Waals surface area contributed by atoms with Crippen molar-refractivity contribution >= 4 is 34.6 Å². The molecule has 2 aromatic carbocycles. The third-order valence-electron chi connectivity index (χ3n) is 4.22. The van der Waals surface area contributed by atoms with Gasteiger partial charge in [-0.2, -0.15) is 0 Å². The van der Waals surface area contributed by atoms with E-state index in [0.717, 1.165) is 17.3 Å². The van der Waals surface area contributed by atoms with Gasteiger partial charge in [-0.3, -0.25) is 19.5 Å². The number of methoxy groups -OCH3 is 1. The number of ether oxygens (including phenoxy) is 1. The number of nitrogens with two attached hydrogens (primary N) is 1. The van der Waals surface area contributed by atoms with Gasteiger partial charge >= 0.3 is 6.03 Å². The number of hydrogen-bond acceptors (Lipinski definition) is 6. The number of aromatic nitrogens is 2. The van der Waals surface area contributed by atoms with Crippen LogP contribution in [0.4, 0.5) is 4.79 Å². The summed E-state index contributed by atoms with van der Waals surface area (Å²) in [5.74, 6) is -0.0847. The topological polar surface area (TPSA) is 116 Å². The van der Waals surface area contributed by atoms with Crippen molar-refractivity contribution in [3.05, 3.63) is 58.4 Å². The van der Waals surface area contributed by atoms with E-state index >= 15 is 0 Å². The summed E-state index contributed by atoms with van der Waals surface area (Å²) in [5, 5.41) is 2.06. The Morgan fingerprint density at radius 3 is 2.66 bits per heavy atom. The quantitative estimate of drug-likeness (QED) is 0.491. The highest BCUT2D eigenvalue weighted by atomic mass is 32.2. The third kappa shape index (κ3) is 4.24. The molecule has 0 radical (unpaired) electrons. The van der Waals surface area contributed by atoms with Crippen molar-refractivity contribution in [2.24, 2.45) is 5.73 Å². The summed E-state index contributed by atoms with van der Waals surface area (Å²) in [7, 11) is 1.52. The summed E-state index contributed by atoms with van der Waals surface area (Å²) < 4.78 is 6.87. The molecular formula is C20H20N4O4S. The minimum Gasteiger partial charge on any atom is -0.495 e. The Hall–Kier alpha value is -3.33. The van der Waals surface area contributed by atoms with Gasteiger partial charge in [0, 0.05) is 0 Å². The van der Waals surface area contributed by atoms with E-state index < -0.39 is 17.2 Å². The molecule has 3 rings (SSSR count). The van der Waals surface area contributed by atoms with Crippen molar-refractivity contribution in [2.45, 2.75) is 24.3 Å². The number of carbonyl (C=O) groups is 2. The van der Waals surface area contributed by atoms with Gasteiger partial charge in [0.05, 0.1) is 29.0 Å². The fourth-order valence-corrected chi connectivity index (χ4v) is 3.73. The zero-order chi connectivity index (χ0) is 21.1. The van der Waals surface area contributed by atoms with Crippen LogP contribution in [0.15, 0.2) is 52.4 Å². The maximum atomic E-state index is 13.3. The highest BCUT2D eigenvalue weighted by Crippen LogP contribution is 2.30. The molecule has 1 heterocycles. The second kappa shape index (κ2) is 8.36. The van der Waals surface area contributed by atoms with E-state index in [2.05, 4.69) is 4.98 Å². The van der Waals surface area contributed by atoms with Crippen LogP contribution >= 0.6 is 11.8 Å². The van der Waals surface area contributed by atoms with E-state index in [-0.39, 0.29) is 5.56 Å². The number of fused-ring (bicyclic) bond motifs is 1. The first-order valence-electron chi connectivity index (χ1n) is 8.75. The maximum Gasteiger partial charge on any atom is 0.318 e. The van der Waals surface area contributed by atoms with Crippen LogP contribution in [-0.4, -0.2) is 33.8 Å². The van der Waals surface area contributed by atoms with Crippen molar-refractivity contribution in [1.82, 2.24) is 14.9 Å². The SMILES string of the molecule is COc1ccc(C)cc1-n1c(S[C@@H](C)C(=O)NC(N)=O)nc2ccccc2c1=O. The second-order valence-corrected chi connectivity index (χ2v) is 7.65. The average molecular weight is 412 g/mol. The molecule has 9 heteroatoms. The van der Waals surface area contributed by atoms with Crippen molar-refractivity contribution in [3.63, 3.8) is 0 Å². The van der Waals surface area contributed by atoms with Gasteiger partial charge in [0.2, 0.25) is 5.91 Å². The number of nitrogens with one attached hydrogen (secondary N) is 1. The summed E-state index contributed by atoms with van der Waals surface area (Å²) in [6, 6.07) is 11.5. The number of nitrogens with zero attached hydrogens (tertiary/aromatic N) is 2. The van der Waals surface area contributed by atoms with Crippen molar-refractivity contribution in [2.75, 3.05) is 7.11 Å². The van der Waals surface area contributed by atoms with Gasteiger partial charge in [-0.05, 0) is 43.7 Å². The van der Waals surface area contributed by atoms with Gasteiger partial charge < -0.3 is 10.5 Å². The second-order valence-electron chi connectivity index (χ2n) is 6.34. The number of para-hydroxylation sites is 1. The number of amides is 3. The normalized spacial score (nSPS) is 11.8. The van der Waals surface area contributed by atoms with E-state index in [1.807, 2.05) is 24.4 Å². The van der Waals surface area contributed by atoms with Gasteiger partial charge in [-0.1, -0.05) is 30.0 Å². The van der Waals surface area contributed by atoms with Crippen LogP contribution in [0.2, 0.25) is 0 Å². The number of carbonyl (C=O) groups excluding carboxylic acids is 2. The highest BCUT2D eigenvalue weighted by molar-refractivity contribution is 8.00. The number of rotatable bonds is 5. The lowest BCUT2D eigenvalue weighted by Gasteiger charge is -2.18. The molecule has 0 spiro atoms. The van der Waals surface area contributed by atoms with Crippen LogP contribution in [0.5, 0.6) is 5.75 Å². The molecule has 0 aliphatic heterocycles. The fourth-order valence-electron chi connectivity index (χ4n) is 2.81. The first-order chi connectivity index (χ1) is 13.8. The minimum absolute atomic E-state index is 0.287. The molecule has 0 aliphatic rings. The summed E-state index contributed by atoms with van der Waals surface area (Å²) in [4.78, 5) is 41.1. The number of thioether (sulfide) groups is 1. The molecule has 150 valence electrons. The number of benzene rings is 2. The number of urea groups is 1. The smallest absolute Gasteiger partial charge is 0.318 e. The number of aryl methyl sites for hydroxylation is 1. The minimum atomic E-state index is -0.938. The van der Waals surface area contributed by atoms with Gasteiger partial charge in [0.25, 0.3) is 5.56 Å². The average Bonchev–Trinajstić information content (AvgIpc) is 2.67. The molecule has 3 N–H and O–H groups in total. The van der Waals surface area contributed by atoms with Crippen molar-refractivity contribution in [1.29, 1.82) is 0 Å². The molecule has 0 saturated carbocycles. The lowest BCUT2D eigenvalue weighted by molar-refractivity contribution is -0.119. The molecule has 0 fully saturated rings. The lowest BCUT2D eigenvalue weighted by Crippen LogP contribution is -2.39. The number of hydrogen-bond donors (Lipinski definition) is 2. The van der Waals surface area contributed by atoms with Gasteiger partial charge in [0.15, 0.2) is 5.16 Å². The van der Waals surface area contributed by atoms with Crippen LogP contribution in [-0.2, 0) is 4.79 Å². The monoisotopic (exact) mass is 412 g/mol. The summed E-state index contributed by atoms with van der Waals surface area (Å²) in [5.41, 5.74) is 6.69. The summed E-state index contributed by atoms with van der Waals surface area (Å²) in [6.07, 6.45) is 0. The van der Waals surface area contributed by atoms with Crippen molar-refractivity contribution < 1.29 is 14.3 Å². The number of imide groups is 1. The predicted octanol–water partition coefficient (Wildman–Crippen LogP) is 2.38. The molecule has 1 aromatic heterocycles. The van der Waals surface area contributed by atoms with Crippen LogP contribution in [0, 0.1) is 6.92 Å². The lowest BCUT2D eigenvalue weighted by atomic mass is 10.2. The van der Waals surface area contributed by atoms with Gasteiger partial charge in [-0.25, -0.2) is 9.78 Å².